The molecule has 26 heavy (non-hydrogen) atoms. The molecule has 2 aromatic rings. The number of benzene rings is 1. The smallest absolute Gasteiger partial charge is 0.410 e. The molecular weight excluding hydrogens is 336 g/mol. The zero-order valence-corrected chi connectivity index (χ0v) is 14.6. The summed E-state index contributed by atoms with van der Waals surface area (Å²) in [5.74, 6) is -0.0486. The Bertz CT molecular complexity index is 940. The standard InChI is InChI=1S/C18H20N4O4/c1-20-10-18(26-17(20)25)7-9-21(11-18)15(23)6-8-22-12-19-14-5-3-2-4-13(14)16(22)24/h2-5,12H,6-11H2,1H3/t18-/m0/s1. The Labute approximate surface area is 150 Å². The van der Waals surface area contributed by atoms with Crippen LogP contribution in [0.3, 0.4) is 0 Å². The highest BCUT2D eigenvalue weighted by Crippen LogP contribution is 2.31. The average Bonchev–Trinajstić information content (AvgIpc) is 3.17. The molecule has 0 N–H and O–H groups in total. The van der Waals surface area contributed by atoms with Gasteiger partial charge < -0.3 is 14.5 Å². The van der Waals surface area contributed by atoms with E-state index in [9.17, 15) is 14.4 Å². The van der Waals surface area contributed by atoms with Gasteiger partial charge >= 0.3 is 6.09 Å². The van der Waals surface area contributed by atoms with Crippen molar-refractivity contribution < 1.29 is 14.3 Å². The molecule has 8 heteroatoms. The van der Waals surface area contributed by atoms with Crippen LogP contribution in [0.25, 0.3) is 10.9 Å². The SMILES string of the molecule is CN1C[C@]2(CCN(C(=O)CCn3cnc4ccccc4c3=O)C2)OC1=O. The number of likely N-dealkylation sites (tertiary alicyclic amines) is 1. The van der Waals surface area contributed by atoms with Crippen LogP contribution in [0.1, 0.15) is 12.8 Å². The van der Waals surface area contributed by atoms with E-state index in [0.717, 1.165) is 0 Å². The molecule has 2 saturated heterocycles. The van der Waals surface area contributed by atoms with E-state index in [4.69, 9.17) is 4.74 Å². The molecule has 2 fully saturated rings. The molecule has 2 amide bonds. The minimum absolute atomic E-state index is 0.0486. The average molecular weight is 356 g/mol. The molecule has 0 unspecified atom stereocenters. The number of hydrogen-bond acceptors (Lipinski definition) is 5. The number of rotatable bonds is 3. The molecule has 2 aliphatic rings. The third-order valence-corrected chi connectivity index (χ3v) is 5.11. The topological polar surface area (TPSA) is 84.7 Å². The molecule has 2 aliphatic heterocycles. The van der Waals surface area contributed by atoms with Gasteiger partial charge in [-0.2, -0.15) is 0 Å². The number of amides is 2. The molecule has 1 atom stereocenters. The molecule has 3 heterocycles. The molecule has 0 bridgehead atoms. The van der Waals surface area contributed by atoms with Gasteiger partial charge in [0, 0.05) is 33.0 Å². The van der Waals surface area contributed by atoms with Gasteiger partial charge in [0.05, 0.1) is 30.3 Å². The van der Waals surface area contributed by atoms with Crippen molar-refractivity contribution in [2.24, 2.45) is 0 Å². The van der Waals surface area contributed by atoms with E-state index in [1.165, 1.54) is 15.8 Å². The van der Waals surface area contributed by atoms with Crippen LogP contribution in [-0.2, 0) is 16.1 Å². The quantitative estimate of drug-likeness (QED) is 0.814. The fraction of sp³-hybridized carbons (Fsp3) is 0.444. The van der Waals surface area contributed by atoms with Crippen molar-refractivity contribution in [1.29, 1.82) is 0 Å². The number of aromatic nitrogens is 2. The molecule has 1 aromatic carbocycles. The van der Waals surface area contributed by atoms with Crippen LogP contribution in [0, 0.1) is 0 Å². The number of para-hydroxylation sites is 1. The molecule has 0 saturated carbocycles. The van der Waals surface area contributed by atoms with Crippen LogP contribution < -0.4 is 5.56 Å². The predicted molar refractivity (Wildman–Crippen MR) is 93.7 cm³/mol. The Kier molecular flexibility index (Phi) is 3.90. The Hall–Kier alpha value is -2.90. The fourth-order valence-electron chi connectivity index (χ4n) is 3.70. The highest BCUT2D eigenvalue weighted by molar-refractivity contribution is 5.78. The third-order valence-electron chi connectivity index (χ3n) is 5.11. The number of ether oxygens (including phenoxy) is 1. The fourth-order valence-corrected chi connectivity index (χ4v) is 3.70. The molecule has 4 rings (SSSR count). The predicted octanol–water partition coefficient (Wildman–Crippen LogP) is 0.840. The number of hydrogen-bond donors (Lipinski definition) is 0. The van der Waals surface area contributed by atoms with Gasteiger partial charge in [0.1, 0.15) is 0 Å². The van der Waals surface area contributed by atoms with Crippen molar-refractivity contribution in [3.05, 3.63) is 40.9 Å². The van der Waals surface area contributed by atoms with Gasteiger partial charge in [0.2, 0.25) is 5.91 Å². The first-order chi connectivity index (χ1) is 12.5. The van der Waals surface area contributed by atoms with Gasteiger partial charge in [-0.25, -0.2) is 9.78 Å². The summed E-state index contributed by atoms with van der Waals surface area (Å²) in [4.78, 5) is 44.1. The van der Waals surface area contributed by atoms with Crippen molar-refractivity contribution in [3.8, 4) is 0 Å². The summed E-state index contributed by atoms with van der Waals surface area (Å²) >= 11 is 0. The lowest BCUT2D eigenvalue weighted by molar-refractivity contribution is -0.131. The van der Waals surface area contributed by atoms with Crippen LogP contribution in [-0.4, -0.2) is 63.6 Å². The van der Waals surface area contributed by atoms with Gasteiger partial charge in [-0.05, 0) is 12.1 Å². The summed E-state index contributed by atoms with van der Waals surface area (Å²) in [6.07, 6.45) is 2.00. The van der Waals surface area contributed by atoms with Crippen molar-refractivity contribution in [2.45, 2.75) is 25.0 Å². The van der Waals surface area contributed by atoms with Gasteiger partial charge in [0.15, 0.2) is 5.60 Å². The summed E-state index contributed by atoms with van der Waals surface area (Å²) in [6, 6.07) is 7.15. The molecule has 136 valence electrons. The summed E-state index contributed by atoms with van der Waals surface area (Å²) < 4.78 is 6.93. The zero-order valence-electron chi connectivity index (χ0n) is 14.6. The minimum atomic E-state index is -0.581. The summed E-state index contributed by atoms with van der Waals surface area (Å²) in [6.45, 7) is 1.75. The second kappa shape index (κ2) is 6.12. The van der Waals surface area contributed by atoms with Crippen LogP contribution in [0.2, 0.25) is 0 Å². The number of carbonyl (C=O) groups excluding carboxylic acids is 2. The number of nitrogens with zero attached hydrogens (tertiary/aromatic N) is 4. The van der Waals surface area contributed by atoms with E-state index in [1.54, 1.807) is 30.1 Å². The minimum Gasteiger partial charge on any atom is -0.439 e. The first-order valence-corrected chi connectivity index (χ1v) is 8.64. The van der Waals surface area contributed by atoms with Crippen molar-refractivity contribution in [1.82, 2.24) is 19.4 Å². The van der Waals surface area contributed by atoms with E-state index in [-0.39, 0.29) is 30.5 Å². The molecule has 1 aromatic heterocycles. The van der Waals surface area contributed by atoms with E-state index in [2.05, 4.69) is 4.98 Å². The Morgan fingerprint density at radius 1 is 1.27 bits per heavy atom. The Balaban J connectivity index is 1.41. The summed E-state index contributed by atoms with van der Waals surface area (Å²) in [7, 11) is 1.70. The maximum atomic E-state index is 12.5. The number of fused-ring (bicyclic) bond motifs is 1. The van der Waals surface area contributed by atoms with Crippen LogP contribution in [0.15, 0.2) is 35.4 Å². The van der Waals surface area contributed by atoms with Gasteiger partial charge in [-0.1, -0.05) is 12.1 Å². The Morgan fingerprint density at radius 3 is 2.85 bits per heavy atom. The second-order valence-corrected chi connectivity index (χ2v) is 6.98. The maximum absolute atomic E-state index is 12.5. The lowest BCUT2D eigenvalue weighted by atomic mass is 10.0. The highest BCUT2D eigenvalue weighted by atomic mass is 16.6. The molecule has 8 nitrogen and oxygen atoms in total. The zero-order chi connectivity index (χ0) is 18.3. The van der Waals surface area contributed by atoms with Gasteiger partial charge in [-0.3, -0.25) is 14.2 Å². The molecule has 0 radical (unpaired) electrons. The van der Waals surface area contributed by atoms with Gasteiger partial charge in [-0.15, -0.1) is 0 Å². The van der Waals surface area contributed by atoms with Crippen LogP contribution >= 0.6 is 0 Å². The Morgan fingerprint density at radius 2 is 2.08 bits per heavy atom. The van der Waals surface area contributed by atoms with Crippen molar-refractivity contribution >= 4 is 22.9 Å². The summed E-state index contributed by atoms with van der Waals surface area (Å²) in [5, 5.41) is 0.545. The lowest BCUT2D eigenvalue weighted by Crippen LogP contribution is -2.39. The van der Waals surface area contributed by atoms with Crippen LogP contribution in [0.5, 0.6) is 0 Å². The van der Waals surface area contributed by atoms with E-state index < -0.39 is 5.60 Å². The number of likely N-dealkylation sites (N-methyl/N-ethyl adjacent to an activating group) is 1. The third kappa shape index (κ3) is 2.81. The van der Waals surface area contributed by atoms with E-state index >= 15 is 0 Å². The highest BCUT2D eigenvalue weighted by Gasteiger charge is 2.49. The molecular formula is C18H20N4O4. The largest absolute Gasteiger partial charge is 0.439 e. The first kappa shape index (κ1) is 16.6. The van der Waals surface area contributed by atoms with E-state index in [1.807, 2.05) is 6.07 Å². The number of aryl methyl sites for hydroxylation is 1. The van der Waals surface area contributed by atoms with E-state index in [0.29, 0.717) is 37.0 Å². The van der Waals surface area contributed by atoms with Crippen molar-refractivity contribution in [2.75, 3.05) is 26.7 Å². The van der Waals surface area contributed by atoms with Gasteiger partial charge in [0.25, 0.3) is 5.56 Å². The first-order valence-electron chi connectivity index (χ1n) is 8.64. The normalized spacial score (nSPS) is 22.4. The molecule has 1 spiro atoms. The maximum Gasteiger partial charge on any atom is 0.410 e. The monoisotopic (exact) mass is 356 g/mol. The molecule has 0 aliphatic carbocycles. The summed E-state index contributed by atoms with van der Waals surface area (Å²) in [5.41, 5.74) is -0.0793. The number of carbonyl (C=O) groups is 2. The lowest BCUT2D eigenvalue weighted by Gasteiger charge is -2.21. The second-order valence-electron chi connectivity index (χ2n) is 6.98. The van der Waals surface area contributed by atoms with Crippen molar-refractivity contribution in [3.63, 3.8) is 0 Å². The van der Waals surface area contributed by atoms with Crippen LogP contribution in [0.4, 0.5) is 4.79 Å².